The van der Waals surface area contributed by atoms with Gasteiger partial charge < -0.3 is 15.1 Å². The molecule has 51 heavy (non-hydrogen) atoms. The molecule has 12 heteroatoms. The lowest BCUT2D eigenvalue weighted by Gasteiger charge is -2.07. The second kappa shape index (κ2) is 16.0. The van der Waals surface area contributed by atoms with Gasteiger partial charge in [0.1, 0.15) is 29.1 Å². The van der Waals surface area contributed by atoms with E-state index in [4.69, 9.17) is 5.11 Å². The minimum atomic E-state index is -1.10. The van der Waals surface area contributed by atoms with Crippen molar-refractivity contribution < 1.29 is 19.5 Å². The Kier molecular flexibility index (Phi) is 10.9. The zero-order valence-corrected chi connectivity index (χ0v) is 26.7. The number of carbonyl (C=O) groups is 3. The number of ketones is 2. The zero-order chi connectivity index (χ0) is 36.3. The Morgan fingerprint density at radius 3 is 1.67 bits per heavy atom. The van der Waals surface area contributed by atoms with Crippen molar-refractivity contribution in [1.29, 1.82) is 10.5 Å². The van der Waals surface area contributed by atoms with E-state index in [0.29, 0.717) is 22.3 Å². The first-order valence-electron chi connectivity index (χ1n) is 15.3. The van der Waals surface area contributed by atoms with Crippen LogP contribution in [0.3, 0.4) is 0 Å². The summed E-state index contributed by atoms with van der Waals surface area (Å²) in [7, 11) is 0. The third kappa shape index (κ3) is 8.48. The number of carbonyl (C=O) groups excluding carboxylic acids is 2. The summed E-state index contributed by atoms with van der Waals surface area (Å²) >= 11 is 0. The lowest BCUT2D eigenvalue weighted by Crippen LogP contribution is -2.21. The number of benzene rings is 4. The molecule has 12 nitrogen and oxygen atoms in total. The summed E-state index contributed by atoms with van der Waals surface area (Å²) in [4.78, 5) is 73.7. The van der Waals surface area contributed by atoms with Crippen molar-refractivity contribution in [1.82, 2.24) is 19.9 Å². The molecule has 2 aromatic heterocycles. The van der Waals surface area contributed by atoms with Gasteiger partial charge in [-0.25, -0.2) is 14.8 Å². The number of hydrogen-bond donors (Lipinski definition) is 3. The first kappa shape index (κ1) is 34.8. The van der Waals surface area contributed by atoms with Crippen LogP contribution in [-0.2, 0) is 12.8 Å². The van der Waals surface area contributed by atoms with Crippen LogP contribution in [0.4, 0.5) is 0 Å². The number of nitrogens with zero attached hydrogens (tertiary/aromatic N) is 4. The van der Waals surface area contributed by atoms with Crippen LogP contribution < -0.4 is 11.1 Å². The second-order valence-electron chi connectivity index (χ2n) is 10.9. The van der Waals surface area contributed by atoms with E-state index in [1.54, 1.807) is 84.9 Å². The fourth-order valence-corrected chi connectivity index (χ4v) is 4.99. The van der Waals surface area contributed by atoms with Gasteiger partial charge >= 0.3 is 5.97 Å². The molecule has 2 heterocycles. The van der Waals surface area contributed by atoms with Gasteiger partial charge in [-0.15, -0.1) is 0 Å². The van der Waals surface area contributed by atoms with Crippen LogP contribution in [0.2, 0.25) is 0 Å². The number of aromatic nitrogens is 4. The van der Waals surface area contributed by atoms with Crippen molar-refractivity contribution in [3.63, 3.8) is 0 Å². The lowest BCUT2D eigenvalue weighted by atomic mass is 10.0. The van der Waals surface area contributed by atoms with E-state index in [-0.39, 0.29) is 58.4 Å². The Morgan fingerprint density at radius 1 is 0.608 bits per heavy atom. The third-order valence-electron chi connectivity index (χ3n) is 7.43. The van der Waals surface area contributed by atoms with E-state index >= 15 is 0 Å². The van der Waals surface area contributed by atoms with Gasteiger partial charge in [0.2, 0.25) is 5.78 Å². The summed E-state index contributed by atoms with van der Waals surface area (Å²) in [5.41, 5.74) is 1.24. The van der Waals surface area contributed by atoms with Gasteiger partial charge in [0.05, 0.1) is 23.4 Å². The Morgan fingerprint density at radius 2 is 1.12 bits per heavy atom. The summed E-state index contributed by atoms with van der Waals surface area (Å²) in [6.07, 6.45) is -0.172. The predicted molar refractivity (Wildman–Crippen MR) is 186 cm³/mol. The van der Waals surface area contributed by atoms with E-state index in [1.807, 2.05) is 24.3 Å². The van der Waals surface area contributed by atoms with Crippen LogP contribution in [0.15, 0.2) is 125 Å². The summed E-state index contributed by atoms with van der Waals surface area (Å²) < 4.78 is 0. The molecule has 0 radical (unpaired) electrons. The minimum absolute atomic E-state index is 0.0369. The van der Waals surface area contributed by atoms with E-state index in [0.717, 1.165) is 0 Å². The van der Waals surface area contributed by atoms with Crippen LogP contribution in [0.5, 0.6) is 0 Å². The number of nitriles is 2. The van der Waals surface area contributed by atoms with Crippen molar-refractivity contribution in [2.45, 2.75) is 12.8 Å². The monoisotopic (exact) mass is 674 g/mol. The van der Waals surface area contributed by atoms with Gasteiger partial charge in [0, 0.05) is 23.1 Å². The number of carboxylic acid groups (broad SMARTS) is 1. The van der Waals surface area contributed by atoms with E-state index in [9.17, 15) is 34.5 Å². The lowest BCUT2D eigenvalue weighted by molar-refractivity contribution is 0.0696. The van der Waals surface area contributed by atoms with Gasteiger partial charge in [-0.3, -0.25) is 19.2 Å². The SMILES string of the molecule is N#Cc1c(-c2ccccc2)nc(C(=O)Cc2cccc(C(=O)O)c2)[nH]c1=O.N#Cc1c(-c2ccccc2)nc(CC(=O)c2ccccc2)[nH]c1=O. The number of aromatic carboxylic acids is 1. The first-order valence-corrected chi connectivity index (χ1v) is 15.3. The maximum Gasteiger partial charge on any atom is 0.335 e. The van der Waals surface area contributed by atoms with Crippen LogP contribution in [-0.4, -0.2) is 42.6 Å². The fourth-order valence-electron chi connectivity index (χ4n) is 4.99. The van der Waals surface area contributed by atoms with Gasteiger partial charge in [0.25, 0.3) is 11.1 Å². The molecule has 0 amide bonds. The van der Waals surface area contributed by atoms with Crippen LogP contribution in [0, 0.1) is 22.7 Å². The molecule has 6 aromatic rings. The number of H-pyrrole nitrogens is 2. The van der Waals surface area contributed by atoms with Crippen molar-refractivity contribution in [2.75, 3.05) is 0 Å². The Bertz CT molecular complexity index is 2450. The van der Waals surface area contributed by atoms with Gasteiger partial charge in [0.15, 0.2) is 11.6 Å². The molecule has 0 spiro atoms. The summed E-state index contributed by atoms with van der Waals surface area (Å²) in [6.45, 7) is 0. The van der Waals surface area contributed by atoms with Crippen molar-refractivity contribution in [3.05, 3.63) is 175 Å². The Balaban J connectivity index is 0.000000199. The molecule has 4 aromatic carbocycles. The number of rotatable bonds is 9. The molecule has 248 valence electrons. The highest BCUT2D eigenvalue weighted by Crippen LogP contribution is 2.20. The van der Waals surface area contributed by atoms with Crippen molar-refractivity contribution >= 4 is 17.5 Å². The molecule has 0 aliphatic heterocycles. The van der Waals surface area contributed by atoms with Gasteiger partial charge in [-0.1, -0.05) is 103 Å². The summed E-state index contributed by atoms with van der Waals surface area (Å²) in [5.74, 6) is -1.68. The molecule has 6 rings (SSSR count). The molecule has 0 unspecified atom stereocenters. The summed E-state index contributed by atoms with van der Waals surface area (Å²) in [5, 5.41) is 27.5. The highest BCUT2D eigenvalue weighted by atomic mass is 16.4. The quantitative estimate of drug-likeness (QED) is 0.171. The molecule has 0 atom stereocenters. The Hall–Kier alpha value is -7.57. The van der Waals surface area contributed by atoms with E-state index in [1.165, 1.54) is 18.2 Å². The van der Waals surface area contributed by atoms with Gasteiger partial charge in [-0.05, 0) is 17.7 Å². The van der Waals surface area contributed by atoms with Gasteiger partial charge in [-0.2, -0.15) is 10.5 Å². The zero-order valence-electron chi connectivity index (χ0n) is 26.7. The number of nitrogens with one attached hydrogen (secondary N) is 2. The molecule has 0 saturated carbocycles. The van der Waals surface area contributed by atoms with E-state index in [2.05, 4.69) is 19.9 Å². The van der Waals surface area contributed by atoms with Crippen LogP contribution in [0.1, 0.15) is 53.8 Å². The largest absolute Gasteiger partial charge is 0.478 e. The molecule has 0 aliphatic carbocycles. The highest BCUT2D eigenvalue weighted by Gasteiger charge is 2.18. The topological polar surface area (TPSA) is 211 Å². The normalized spacial score (nSPS) is 10.2. The first-order chi connectivity index (χ1) is 24.7. The molecular formula is C39H26N6O6. The van der Waals surface area contributed by atoms with E-state index < -0.39 is 22.9 Å². The minimum Gasteiger partial charge on any atom is -0.478 e. The average molecular weight is 675 g/mol. The highest BCUT2D eigenvalue weighted by molar-refractivity contribution is 5.97. The average Bonchev–Trinajstić information content (AvgIpc) is 3.15. The third-order valence-corrected chi connectivity index (χ3v) is 7.43. The molecular weight excluding hydrogens is 648 g/mol. The molecule has 3 N–H and O–H groups in total. The fraction of sp³-hybridized carbons (Fsp3) is 0.0513. The smallest absolute Gasteiger partial charge is 0.335 e. The number of hydrogen-bond acceptors (Lipinski definition) is 9. The molecule has 0 bridgehead atoms. The maximum atomic E-state index is 12.6. The number of carboxylic acids is 1. The molecule has 0 aliphatic rings. The summed E-state index contributed by atoms with van der Waals surface area (Å²) in [6, 6.07) is 36.1. The second-order valence-corrected chi connectivity index (χ2v) is 10.9. The van der Waals surface area contributed by atoms with Crippen LogP contribution >= 0.6 is 0 Å². The number of aromatic amines is 2. The Labute approximate surface area is 290 Å². The standard InChI is InChI=1S/C20H13N3O4.C19H13N3O2/c21-11-15-17(13-6-2-1-3-7-13)22-18(23-19(15)25)16(24)10-12-5-4-8-14(9-12)20(26)27;20-12-15-18(14-9-5-2-6-10-14)21-17(22-19(15)24)11-16(23)13-7-3-1-4-8-13/h1-9H,10H2,(H,26,27)(H,22,23,25);1-10H,11H2,(H,21,22,24). The van der Waals surface area contributed by atoms with Crippen molar-refractivity contribution in [2.24, 2.45) is 0 Å². The number of Topliss-reactive ketones (excluding diaryl/α,β-unsaturated/α-hetero) is 2. The predicted octanol–water partition coefficient (Wildman–Crippen LogP) is 5.17. The van der Waals surface area contributed by atoms with Crippen LogP contribution in [0.25, 0.3) is 22.5 Å². The molecule has 0 fully saturated rings. The molecule has 0 saturated heterocycles. The maximum absolute atomic E-state index is 12.6. The van der Waals surface area contributed by atoms with Crippen molar-refractivity contribution in [3.8, 4) is 34.7 Å².